The van der Waals surface area contributed by atoms with Gasteiger partial charge in [0.2, 0.25) is 5.91 Å². The van der Waals surface area contributed by atoms with Crippen molar-refractivity contribution in [3.05, 3.63) is 35.4 Å². The van der Waals surface area contributed by atoms with E-state index in [1.54, 1.807) is 0 Å². The van der Waals surface area contributed by atoms with Gasteiger partial charge in [-0.1, -0.05) is 24.3 Å². The second-order valence-corrected chi connectivity index (χ2v) is 6.70. The van der Waals surface area contributed by atoms with Gasteiger partial charge in [0.15, 0.2) is 5.96 Å². The van der Waals surface area contributed by atoms with Gasteiger partial charge in [-0.05, 0) is 25.0 Å². The van der Waals surface area contributed by atoms with Gasteiger partial charge in [-0.15, -0.1) is 24.0 Å². The van der Waals surface area contributed by atoms with Crippen LogP contribution in [-0.2, 0) is 9.53 Å². The predicted molar refractivity (Wildman–Crippen MR) is 117 cm³/mol. The Balaban J connectivity index is 0.00000420. The quantitative estimate of drug-likeness (QED) is 0.363. The minimum Gasteiger partial charge on any atom is -0.370 e. The number of aliphatic imine (C=N–C) groups is 1. The largest absolute Gasteiger partial charge is 0.406 e. The highest BCUT2D eigenvalue weighted by Crippen LogP contribution is 2.25. The summed E-state index contributed by atoms with van der Waals surface area (Å²) in [6.07, 6.45) is -4.56. The van der Waals surface area contributed by atoms with E-state index >= 15 is 0 Å². The number of benzene rings is 1. The number of likely N-dealkylation sites (N-methyl/N-ethyl adjacent to an activating group) is 1. The molecular weight excluding hydrogens is 500 g/mol. The molecule has 1 saturated heterocycles. The number of alkyl halides is 3. The molecule has 1 aliphatic rings. The summed E-state index contributed by atoms with van der Waals surface area (Å²) < 4.78 is 43.2. The van der Waals surface area contributed by atoms with Gasteiger partial charge in [-0.25, -0.2) is 4.99 Å². The average molecular weight is 528 g/mol. The molecule has 0 spiro atoms. The van der Waals surface area contributed by atoms with Crippen molar-refractivity contribution in [2.24, 2.45) is 4.99 Å². The van der Waals surface area contributed by atoms with Crippen LogP contribution >= 0.6 is 24.0 Å². The zero-order valence-corrected chi connectivity index (χ0v) is 19.2. The van der Waals surface area contributed by atoms with E-state index in [1.165, 1.54) is 0 Å². The van der Waals surface area contributed by atoms with E-state index < -0.39 is 18.6 Å². The summed E-state index contributed by atoms with van der Waals surface area (Å²) in [5.41, 5.74) is 2.21. The fraction of sp³-hybridized carbons (Fsp3) is 0.579. The molecule has 1 atom stereocenters. The van der Waals surface area contributed by atoms with Crippen LogP contribution in [0, 0.1) is 6.92 Å². The average Bonchev–Trinajstić information content (AvgIpc) is 2.64. The minimum atomic E-state index is -4.43. The number of carbonyl (C=O) groups is 1. The lowest BCUT2D eigenvalue weighted by Gasteiger charge is -2.35. The standard InChI is InChI=1S/C19H27F3N4O2.HI/c1-4-23-18(24-11-17(27)25(3)13-19(20,21)22)26-9-10-28-16(12-26)15-8-6-5-7-14(15)2;/h5-8,16H,4,9-13H2,1-3H3,(H,23,24);1H. The van der Waals surface area contributed by atoms with Crippen molar-refractivity contribution < 1.29 is 22.7 Å². The van der Waals surface area contributed by atoms with Crippen LogP contribution in [0.2, 0.25) is 0 Å². The molecule has 29 heavy (non-hydrogen) atoms. The molecular formula is C19H28F3IN4O2. The van der Waals surface area contributed by atoms with Crippen LogP contribution in [0.1, 0.15) is 24.2 Å². The Hall–Kier alpha value is -1.56. The number of hydrogen-bond donors (Lipinski definition) is 1. The lowest BCUT2D eigenvalue weighted by Crippen LogP contribution is -2.48. The number of hydrogen-bond acceptors (Lipinski definition) is 3. The Kier molecular flexibility index (Phi) is 10.2. The molecule has 1 aliphatic heterocycles. The lowest BCUT2D eigenvalue weighted by atomic mass is 10.0. The van der Waals surface area contributed by atoms with Gasteiger partial charge in [0.1, 0.15) is 19.2 Å². The maximum atomic E-state index is 12.4. The molecule has 1 fully saturated rings. The molecule has 1 amide bonds. The van der Waals surface area contributed by atoms with Gasteiger partial charge in [0, 0.05) is 20.1 Å². The zero-order chi connectivity index (χ0) is 20.7. The van der Waals surface area contributed by atoms with Crippen LogP contribution in [0.4, 0.5) is 13.2 Å². The van der Waals surface area contributed by atoms with Crippen LogP contribution in [0.5, 0.6) is 0 Å². The van der Waals surface area contributed by atoms with Crippen LogP contribution < -0.4 is 5.32 Å². The van der Waals surface area contributed by atoms with Crippen molar-refractivity contribution in [2.75, 3.05) is 46.4 Å². The van der Waals surface area contributed by atoms with Crippen molar-refractivity contribution in [2.45, 2.75) is 26.1 Å². The molecule has 1 aromatic rings. The molecule has 164 valence electrons. The molecule has 0 aliphatic carbocycles. The summed E-state index contributed by atoms with van der Waals surface area (Å²) in [5, 5.41) is 3.11. The number of aryl methyl sites for hydroxylation is 1. The van der Waals surface area contributed by atoms with Crippen molar-refractivity contribution in [3.63, 3.8) is 0 Å². The Bertz CT molecular complexity index is 700. The smallest absolute Gasteiger partial charge is 0.370 e. The topological polar surface area (TPSA) is 57.2 Å². The first-order valence-electron chi connectivity index (χ1n) is 9.22. The molecule has 10 heteroatoms. The Morgan fingerprint density at radius 1 is 1.38 bits per heavy atom. The number of carbonyl (C=O) groups excluding carboxylic acids is 1. The molecule has 1 heterocycles. The third-order valence-electron chi connectivity index (χ3n) is 4.44. The summed E-state index contributed by atoms with van der Waals surface area (Å²) >= 11 is 0. The van der Waals surface area contributed by atoms with Gasteiger partial charge >= 0.3 is 6.18 Å². The number of amides is 1. The molecule has 1 N–H and O–H groups in total. The SMILES string of the molecule is CCNC(=NCC(=O)N(C)CC(F)(F)F)N1CCOC(c2ccccc2C)C1.I. The van der Waals surface area contributed by atoms with E-state index in [1.807, 2.05) is 43.0 Å². The fourth-order valence-corrected chi connectivity index (χ4v) is 3.02. The molecule has 0 aromatic heterocycles. The first-order valence-corrected chi connectivity index (χ1v) is 9.22. The first-order chi connectivity index (χ1) is 13.2. The number of morpholine rings is 1. The van der Waals surface area contributed by atoms with Crippen molar-refractivity contribution in [3.8, 4) is 0 Å². The van der Waals surface area contributed by atoms with E-state index in [9.17, 15) is 18.0 Å². The van der Waals surface area contributed by atoms with Crippen LogP contribution in [0.3, 0.4) is 0 Å². The molecule has 0 radical (unpaired) electrons. The number of nitrogens with one attached hydrogen (secondary N) is 1. The number of rotatable bonds is 5. The molecule has 6 nitrogen and oxygen atoms in total. The summed E-state index contributed by atoms with van der Waals surface area (Å²) in [6, 6.07) is 7.96. The van der Waals surface area contributed by atoms with E-state index in [0.29, 0.717) is 37.1 Å². The second-order valence-electron chi connectivity index (χ2n) is 6.70. The molecule has 0 saturated carbocycles. The number of halogens is 4. The van der Waals surface area contributed by atoms with Gasteiger partial charge in [-0.3, -0.25) is 4.79 Å². The monoisotopic (exact) mass is 528 g/mol. The Morgan fingerprint density at radius 2 is 2.07 bits per heavy atom. The fourth-order valence-electron chi connectivity index (χ4n) is 3.02. The molecule has 1 unspecified atom stereocenters. The third-order valence-corrected chi connectivity index (χ3v) is 4.44. The second kappa shape index (κ2) is 11.6. The third kappa shape index (κ3) is 8.00. The van der Waals surface area contributed by atoms with Crippen LogP contribution in [0.15, 0.2) is 29.3 Å². The summed E-state index contributed by atoms with van der Waals surface area (Å²) in [4.78, 5) is 18.9. The highest BCUT2D eigenvalue weighted by atomic mass is 127. The highest BCUT2D eigenvalue weighted by molar-refractivity contribution is 14.0. The van der Waals surface area contributed by atoms with E-state index in [2.05, 4.69) is 10.3 Å². The zero-order valence-electron chi connectivity index (χ0n) is 16.8. The Morgan fingerprint density at radius 3 is 2.69 bits per heavy atom. The van der Waals surface area contributed by atoms with Gasteiger partial charge < -0.3 is 19.9 Å². The number of nitrogens with zero attached hydrogens (tertiary/aromatic N) is 3. The summed E-state index contributed by atoms with van der Waals surface area (Å²) in [7, 11) is 1.13. The van der Waals surface area contributed by atoms with Gasteiger partial charge in [-0.2, -0.15) is 13.2 Å². The normalized spacial score (nSPS) is 17.5. The lowest BCUT2D eigenvalue weighted by molar-refractivity contribution is -0.157. The van der Waals surface area contributed by atoms with Crippen molar-refractivity contribution >= 4 is 35.8 Å². The maximum Gasteiger partial charge on any atom is 0.406 e. The van der Waals surface area contributed by atoms with E-state index in [0.717, 1.165) is 18.2 Å². The number of guanidine groups is 1. The Labute approximate surface area is 186 Å². The molecule has 1 aromatic carbocycles. The summed E-state index contributed by atoms with van der Waals surface area (Å²) in [6.45, 7) is 4.48. The highest BCUT2D eigenvalue weighted by Gasteiger charge is 2.31. The van der Waals surface area contributed by atoms with Crippen LogP contribution in [-0.4, -0.2) is 74.2 Å². The number of ether oxygens (including phenoxy) is 1. The van der Waals surface area contributed by atoms with Gasteiger partial charge in [0.05, 0.1) is 13.2 Å². The predicted octanol–water partition coefficient (Wildman–Crippen LogP) is 2.97. The maximum absolute atomic E-state index is 12.4. The first kappa shape index (κ1) is 25.5. The van der Waals surface area contributed by atoms with E-state index in [-0.39, 0.29) is 36.6 Å². The summed E-state index contributed by atoms with van der Waals surface area (Å²) in [5.74, 6) is -0.186. The van der Waals surface area contributed by atoms with Crippen molar-refractivity contribution in [1.29, 1.82) is 0 Å². The van der Waals surface area contributed by atoms with Crippen molar-refractivity contribution in [1.82, 2.24) is 15.1 Å². The molecule has 2 rings (SSSR count). The van der Waals surface area contributed by atoms with E-state index in [4.69, 9.17) is 4.74 Å². The minimum absolute atomic E-state index is 0. The molecule has 0 bridgehead atoms. The van der Waals surface area contributed by atoms with Gasteiger partial charge in [0.25, 0.3) is 0 Å². The van der Waals surface area contributed by atoms with Crippen LogP contribution in [0.25, 0.3) is 0 Å².